The first-order valence-corrected chi connectivity index (χ1v) is 11.1. The number of hydrogen-bond acceptors (Lipinski definition) is 9. The molecule has 3 unspecified atom stereocenters. The van der Waals surface area contributed by atoms with Crippen LogP contribution in [0.1, 0.15) is 36.2 Å². The van der Waals surface area contributed by atoms with Gasteiger partial charge < -0.3 is 31.5 Å². The van der Waals surface area contributed by atoms with Crippen molar-refractivity contribution in [1.82, 2.24) is 4.90 Å². The van der Waals surface area contributed by atoms with Crippen LogP contribution in [0.3, 0.4) is 0 Å². The Balaban J connectivity index is 0.00000342. The van der Waals surface area contributed by atoms with Gasteiger partial charge in [-0.25, -0.2) is 0 Å². The summed E-state index contributed by atoms with van der Waals surface area (Å²) in [5.41, 5.74) is 2.94. The number of benzene rings is 1. The molecule has 3 aliphatic carbocycles. The number of Topliss-reactive ketones (excluding diaryl/α,β-unsaturated/α-hetero) is 2. The molecule has 10 nitrogen and oxygen atoms in total. The lowest BCUT2D eigenvalue weighted by Gasteiger charge is -2.50. The molecule has 7 N–H and O–H groups in total. The normalized spacial score (nSPS) is 27.9. The Hall–Kier alpha value is -3.08. The van der Waals surface area contributed by atoms with Crippen LogP contribution in [0.2, 0.25) is 0 Å². The molecule has 0 bridgehead atoms. The number of phenols is 1. The Bertz CT molecular complexity index is 1190. The van der Waals surface area contributed by atoms with Gasteiger partial charge in [0, 0.05) is 23.2 Å². The highest BCUT2D eigenvalue weighted by Gasteiger charge is 2.63. The summed E-state index contributed by atoms with van der Waals surface area (Å²) in [5.74, 6) is -6.57. The van der Waals surface area contributed by atoms with Crippen LogP contribution in [0.5, 0.6) is 5.75 Å². The highest BCUT2D eigenvalue weighted by molar-refractivity contribution is 6.24. The number of primary amides is 1. The number of aliphatic hydroxyl groups is 3. The molecule has 1 amide bonds. The van der Waals surface area contributed by atoms with Crippen molar-refractivity contribution >= 4 is 35.6 Å². The number of nitrogens with two attached hydrogens (primary N) is 1. The highest BCUT2D eigenvalue weighted by atomic mass is 35.5. The van der Waals surface area contributed by atoms with Gasteiger partial charge >= 0.3 is 0 Å². The largest absolute Gasteiger partial charge is 0.510 e. The van der Waals surface area contributed by atoms with E-state index in [1.54, 1.807) is 20.2 Å². The topological polar surface area (TPSA) is 173 Å². The number of likely N-dealkylation sites (N-methyl/N-ethyl adjacent to an activating group) is 1. The number of anilines is 1. The maximum absolute atomic E-state index is 13.5. The fourth-order valence-electron chi connectivity index (χ4n) is 5.70. The van der Waals surface area contributed by atoms with Crippen molar-refractivity contribution in [2.24, 2.45) is 17.6 Å². The molecule has 0 spiro atoms. The van der Waals surface area contributed by atoms with Crippen molar-refractivity contribution in [2.45, 2.75) is 44.4 Å². The molecule has 0 aromatic heterocycles. The third kappa shape index (κ3) is 3.67. The molecule has 0 radical (unpaired) electrons. The first kappa shape index (κ1) is 26.5. The van der Waals surface area contributed by atoms with Crippen LogP contribution in [-0.4, -0.2) is 74.6 Å². The fourth-order valence-corrected chi connectivity index (χ4v) is 5.70. The van der Waals surface area contributed by atoms with Gasteiger partial charge in [-0.3, -0.25) is 19.3 Å². The van der Waals surface area contributed by atoms with Gasteiger partial charge in [-0.2, -0.15) is 0 Å². The van der Waals surface area contributed by atoms with E-state index in [-0.39, 0.29) is 48.2 Å². The smallest absolute Gasteiger partial charge is 0.255 e. The zero-order chi connectivity index (χ0) is 25.3. The summed E-state index contributed by atoms with van der Waals surface area (Å²) < 4.78 is 0. The number of carbonyl (C=O) groups excluding carboxylic acids is 3. The number of rotatable bonds is 4. The van der Waals surface area contributed by atoms with Gasteiger partial charge in [0.05, 0.1) is 11.6 Å². The Morgan fingerprint density at radius 2 is 1.83 bits per heavy atom. The summed E-state index contributed by atoms with van der Waals surface area (Å²) in [6, 6.07) is 2.09. The number of aliphatic hydroxyl groups excluding tert-OH is 2. The van der Waals surface area contributed by atoms with E-state index in [1.807, 2.05) is 13.8 Å². The average Bonchev–Trinajstić information content (AvgIpc) is 2.72. The zero-order valence-corrected chi connectivity index (χ0v) is 20.6. The van der Waals surface area contributed by atoms with E-state index < -0.39 is 58.0 Å². The lowest BCUT2D eigenvalue weighted by Crippen LogP contribution is -2.63. The van der Waals surface area contributed by atoms with E-state index in [2.05, 4.69) is 5.32 Å². The van der Waals surface area contributed by atoms with E-state index in [1.165, 1.54) is 11.0 Å². The minimum atomic E-state index is -2.63. The van der Waals surface area contributed by atoms with Gasteiger partial charge in [0.1, 0.15) is 22.8 Å². The Morgan fingerprint density at radius 3 is 2.37 bits per heavy atom. The number of nitrogens with zero attached hydrogens (tertiary/aromatic N) is 1. The van der Waals surface area contributed by atoms with Crippen LogP contribution in [-0.2, 0) is 16.0 Å². The summed E-state index contributed by atoms with van der Waals surface area (Å²) in [7, 11) is 3.19. The molecule has 0 heterocycles. The number of ketones is 2. The molecule has 3 aliphatic rings. The zero-order valence-electron chi connectivity index (χ0n) is 19.8. The number of phenolic OH excluding ortho intramolecular Hbond substituents is 1. The molecule has 11 heteroatoms. The van der Waals surface area contributed by atoms with E-state index in [9.17, 15) is 34.8 Å². The Labute approximate surface area is 208 Å². The van der Waals surface area contributed by atoms with Gasteiger partial charge in [0.2, 0.25) is 5.78 Å². The molecule has 0 aliphatic heterocycles. The number of fused-ring (bicyclic) bond motifs is 3. The van der Waals surface area contributed by atoms with Gasteiger partial charge in [-0.1, -0.05) is 0 Å². The van der Waals surface area contributed by atoms with Crippen LogP contribution >= 0.6 is 12.4 Å². The number of allylic oxidation sites excluding steroid dienone is 1. The van der Waals surface area contributed by atoms with Crippen molar-refractivity contribution in [3.05, 3.63) is 45.9 Å². The summed E-state index contributed by atoms with van der Waals surface area (Å²) >= 11 is 0. The van der Waals surface area contributed by atoms with Crippen LogP contribution in [0, 0.1) is 11.8 Å². The summed E-state index contributed by atoms with van der Waals surface area (Å²) in [5, 5.41) is 47.3. The quantitative estimate of drug-likeness (QED) is 0.260. The molecular formula is C24H30ClN3O7. The predicted octanol–water partition coefficient (Wildman–Crippen LogP) is 1.36. The fraction of sp³-hybridized carbons (Fsp3) is 0.458. The number of amides is 1. The molecule has 1 aromatic rings. The summed E-state index contributed by atoms with van der Waals surface area (Å²) in [4.78, 5) is 40.3. The molecule has 0 saturated heterocycles. The van der Waals surface area contributed by atoms with Crippen LogP contribution in [0.4, 0.5) is 5.69 Å². The van der Waals surface area contributed by atoms with Gasteiger partial charge in [0.25, 0.3) is 5.91 Å². The molecule has 4 rings (SSSR count). The second-order valence-electron chi connectivity index (χ2n) is 9.75. The van der Waals surface area contributed by atoms with Crippen molar-refractivity contribution in [2.75, 3.05) is 19.4 Å². The number of nitrogens with one attached hydrogen (secondary N) is 1. The minimum absolute atomic E-state index is 0. The Morgan fingerprint density at radius 1 is 1.20 bits per heavy atom. The molecule has 4 atom stereocenters. The lowest BCUT2D eigenvalue weighted by molar-refractivity contribution is -0.148. The minimum Gasteiger partial charge on any atom is -0.510 e. The average molecular weight is 508 g/mol. The first-order valence-electron chi connectivity index (χ1n) is 11.1. The number of hydrogen-bond donors (Lipinski definition) is 6. The van der Waals surface area contributed by atoms with E-state index >= 15 is 0 Å². The highest BCUT2D eigenvalue weighted by Crippen LogP contribution is 2.52. The van der Waals surface area contributed by atoms with Gasteiger partial charge in [-0.05, 0) is 64.4 Å². The maximum atomic E-state index is 13.5. The summed E-state index contributed by atoms with van der Waals surface area (Å²) in [6.07, 6.45) is 0.306. The van der Waals surface area contributed by atoms with Crippen molar-refractivity contribution in [3.8, 4) is 5.75 Å². The van der Waals surface area contributed by atoms with E-state index in [4.69, 9.17) is 5.73 Å². The van der Waals surface area contributed by atoms with Crippen LogP contribution in [0.15, 0.2) is 34.8 Å². The molecule has 0 fully saturated rings. The molecular weight excluding hydrogens is 478 g/mol. The Kier molecular flexibility index (Phi) is 6.71. The monoisotopic (exact) mass is 507 g/mol. The second kappa shape index (κ2) is 8.85. The predicted molar refractivity (Wildman–Crippen MR) is 130 cm³/mol. The third-order valence-electron chi connectivity index (χ3n) is 7.05. The lowest BCUT2D eigenvalue weighted by atomic mass is 9.58. The van der Waals surface area contributed by atoms with E-state index in [0.717, 1.165) is 0 Å². The molecule has 190 valence electrons. The number of carbonyl (C=O) groups is 3. The third-order valence-corrected chi connectivity index (χ3v) is 7.05. The van der Waals surface area contributed by atoms with Crippen molar-refractivity contribution in [3.63, 3.8) is 0 Å². The first-order chi connectivity index (χ1) is 15.8. The van der Waals surface area contributed by atoms with Crippen LogP contribution in [0.25, 0.3) is 0 Å². The van der Waals surface area contributed by atoms with E-state index in [0.29, 0.717) is 11.3 Å². The van der Waals surface area contributed by atoms with Crippen molar-refractivity contribution in [1.29, 1.82) is 0 Å². The number of halogens is 1. The maximum Gasteiger partial charge on any atom is 0.255 e. The second-order valence-corrected chi connectivity index (χ2v) is 9.75. The molecule has 35 heavy (non-hydrogen) atoms. The SMILES string of the molecule is CC(C)Nc1ccc(O)c2c1CC1CC3[C@H](N(C)C)C(O)=C(C(N)=O)C(=O)C3(O)C(O)=C1C2=O.Cl. The molecule has 1 aromatic carbocycles. The van der Waals surface area contributed by atoms with Gasteiger partial charge in [-0.15, -0.1) is 12.4 Å². The molecule has 0 saturated carbocycles. The van der Waals surface area contributed by atoms with Crippen LogP contribution < -0.4 is 11.1 Å². The van der Waals surface area contributed by atoms with Gasteiger partial charge in [0.15, 0.2) is 11.4 Å². The van der Waals surface area contributed by atoms with Crippen molar-refractivity contribution < 1.29 is 34.8 Å². The number of aromatic hydroxyl groups is 1. The standard InChI is InChI=1S/C24H29N3O7.ClH/c1-9(2)26-13-5-6-14(28)16-11(13)7-10-8-12-18(27(3)4)20(30)17(23(25)33)22(32)24(12,34)21(31)15(10)19(16)29;/h5-6,9-10,12,18,26,28,30-31,34H,7-8H2,1-4H3,(H2,25,33);1H/t10?,12?,18-,24?;/m0./s1. The summed E-state index contributed by atoms with van der Waals surface area (Å²) in [6.45, 7) is 3.87.